The molecule has 0 radical (unpaired) electrons. The van der Waals surface area contributed by atoms with Crippen molar-refractivity contribution in [1.82, 2.24) is 15.5 Å². The van der Waals surface area contributed by atoms with Crippen LogP contribution in [0.5, 0.6) is 0 Å². The Balaban J connectivity index is 2.23. The summed E-state index contributed by atoms with van der Waals surface area (Å²) in [4.78, 5) is 37.3. The van der Waals surface area contributed by atoms with Crippen molar-refractivity contribution in [3.8, 4) is 0 Å². The van der Waals surface area contributed by atoms with E-state index in [1.54, 1.807) is 25.7 Å². The van der Waals surface area contributed by atoms with Gasteiger partial charge in [0, 0.05) is 38.5 Å². The Kier molecular flexibility index (Phi) is 8.19. The summed E-state index contributed by atoms with van der Waals surface area (Å²) in [5, 5.41) is 5.64. The molecule has 7 heteroatoms. The number of hydrogen-bond acceptors (Lipinski definition) is 4. The van der Waals surface area contributed by atoms with E-state index in [9.17, 15) is 14.4 Å². The van der Waals surface area contributed by atoms with E-state index in [0.717, 1.165) is 12.8 Å². The maximum atomic E-state index is 12.2. The molecule has 0 unspecified atom stereocenters. The van der Waals surface area contributed by atoms with Gasteiger partial charge in [-0.05, 0) is 39.5 Å². The van der Waals surface area contributed by atoms with Gasteiger partial charge in [-0.3, -0.25) is 9.59 Å². The lowest BCUT2D eigenvalue weighted by molar-refractivity contribution is -0.132. The molecule has 1 heterocycles. The Morgan fingerprint density at radius 2 is 1.76 bits per heavy atom. The first-order valence-electron chi connectivity index (χ1n) is 9.11. The van der Waals surface area contributed by atoms with Crippen LogP contribution in [0.4, 0.5) is 4.79 Å². The Bertz CT molecular complexity index is 463. The summed E-state index contributed by atoms with van der Waals surface area (Å²) < 4.78 is 5.13. The van der Waals surface area contributed by atoms with Gasteiger partial charge in [-0.1, -0.05) is 13.8 Å². The molecule has 0 aromatic heterocycles. The summed E-state index contributed by atoms with van der Waals surface area (Å²) in [5.74, 6) is 0.448. The van der Waals surface area contributed by atoms with Gasteiger partial charge >= 0.3 is 6.09 Å². The van der Waals surface area contributed by atoms with E-state index in [1.807, 2.05) is 13.8 Å². The zero-order valence-electron chi connectivity index (χ0n) is 16.2. The van der Waals surface area contributed by atoms with Crippen LogP contribution >= 0.6 is 0 Å². The van der Waals surface area contributed by atoms with Crippen LogP contribution in [0, 0.1) is 5.92 Å². The summed E-state index contributed by atoms with van der Waals surface area (Å²) in [6, 6.07) is 0.148. The molecule has 3 amide bonds. The zero-order valence-corrected chi connectivity index (χ0v) is 16.2. The van der Waals surface area contributed by atoms with E-state index in [1.165, 1.54) is 0 Å². The molecular formula is C18H33N3O4. The van der Waals surface area contributed by atoms with Gasteiger partial charge in [-0.25, -0.2) is 4.79 Å². The van der Waals surface area contributed by atoms with Crippen LogP contribution in [0.25, 0.3) is 0 Å². The second-order valence-electron chi connectivity index (χ2n) is 8.00. The molecule has 0 aromatic carbocycles. The minimum atomic E-state index is -0.546. The van der Waals surface area contributed by atoms with Crippen molar-refractivity contribution in [3.05, 3.63) is 0 Å². The molecule has 2 N–H and O–H groups in total. The van der Waals surface area contributed by atoms with Gasteiger partial charge in [-0.15, -0.1) is 0 Å². The van der Waals surface area contributed by atoms with E-state index in [4.69, 9.17) is 4.74 Å². The molecule has 25 heavy (non-hydrogen) atoms. The van der Waals surface area contributed by atoms with Crippen LogP contribution in [0.1, 0.15) is 60.3 Å². The van der Waals surface area contributed by atoms with E-state index >= 15 is 0 Å². The number of carbonyl (C=O) groups excluding carboxylic acids is 3. The molecule has 0 aromatic rings. The fraction of sp³-hybridized carbons (Fsp3) is 0.833. The highest BCUT2D eigenvalue weighted by atomic mass is 16.6. The number of rotatable bonds is 6. The molecule has 0 aliphatic carbocycles. The largest absolute Gasteiger partial charge is 0.444 e. The first-order chi connectivity index (χ1) is 11.6. The normalized spacial score (nSPS) is 15.8. The van der Waals surface area contributed by atoms with Crippen molar-refractivity contribution >= 4 is 17.9 Å². The molecule has 1 aliphatic heterocycles. The summed E-state index contributed by atoms with van der Waals surface area (Å²) >= 11 is 0. The average Bonchev–Trinajstić information content (AvgIpc) is 2.45. The van der Waals surface area contributed by atoms with Crippen molar-refractivity contribution in [3.63, 3.8) is 0 Å². The molecule has 0 atom stereocenters. The van der Waals surface area contributed by atoms with E-state index in [0.29, 0.717) is 25.4 Å². The molecule has 7 nitrogen and oxygen atoms in total. The van der Waals surface area contributed by atoms with Crippen LogP contribution in [-0.2, 0) is 14.3 Å². The summed E-state index contributed by atoms with van der Waals surface area (Å²) in [7, 11) is 0. The predicted molar refractivity (Wildman–Crippen MR) is 96.1 cm³/mol. The minimum Gasteiger partial charge on any atom is -0.444 e. The second-order valence-corrected chi connectivity index (χ2v) is 8.00. The third-order valence-corrected chi connectivity index (χ3v) is 3.81. The summed E-state index contributed by atoms with van der Waals surface area (Å²) in [6.45, 7) is 11.0. The van der Waals surface area contributed by atoms with Gasteiger partial charge in [0.2, 0.25) is 11.8 Å². The van der Waals surface area contributed by atoms with Crippen molar-refractivity contribution in [2.45, 2.75) is 71.9 Å². The molecule has 0 spiro atoms. The molecule has 1 aliphatic rings. The Morgan fingerprint density at radius 3 is 2.28 bits per heavy atom. The molecule has 1 saturated heterocycles. The monoisotopic (exact) mass is 355 g/mol. The van der Waals surface area contributed by atoms with Gasteiger partial charge in [0.05, 0.1) is 0 Å². The summed E-state index contributed by atoms with van der Waals surface area (Å²) in [6.07, 6.45) is 1.83. The molecule has 144 valence electrons. The number of hydrogen-bond donors (Lipinski definition) is 2. The number of piperidine rings is 1. The first kappa shape index (κ1) is 21.3. The van der Waals surface area contributed by atoms with Crippen LogP contribution < -0.4 is 10.6 Å². The fourth-order valence-corrected chi connectivity index (χ4v) is 2.67. The van der Waals surface area contributed by atoms with Crippen LogP contribution in [0.3, 0.4) is 0 Å². The lowest BCUT2D eigenvalue weighted by Gasteiger charge is -2.32. The Labute approximate surface area is 150 Å². The van der Waals surface area contributed by atoms with Gasteiger partial charge in [0.25, 0.3) is 0 Å². The maximum absolute atomic E-state index is 12.2. The Morgan fingerprint density at radius 1 is 1.16 bits per heavy atom. The second kappa shape index (κ2) is 9.63. The standard InChI is InChI=1S/C18H33N3O4/c1-13(2)12-15(22)20-14-7-10-21(11-8-14)16(23)6-9-19-17(24)25-18(3,4)5/h13-14H,6-12H2,1-5H3,(H,19,24)(H,20,22). The SMILES string of the molecule is CC(C)CC(=O)NC1CCN(C(=O)CCNC(=O)OC(C)(C)C)CC1. The highest BCUT2D eigenvalue weighted by Gasteiger charge is 2.24. The topological polar surface area (TPSA) is 87.7 Å². The van der Waals surface area contributed by atoms with Crippen molar-refractivity contribution in [2.75, 3.05) is 19.6 Å². The number of nitrogens with zero attached hydrogens (tertiary/aromatic N) is 1. The van der Waals surface area contributed by atoms with Gasteiger partial charge < -0.3 is 20.3 Å². The van der Waals surface area contributed by atoms with Crippen molar-refractivity contribution in [2.24, 2.45) is 5.92 Å². The molecule has 1 rings (SSSR count). The highest BCUT2D eigenvalue weighted by molar-refractivity contribution is 5.78. The molecular weight excluding hydrogens is 322 g/mol. The molecule has 1 fully saturated rings. The fourth-order valence-electron chi connectivity index (χ4n) is 2.67. The van der Waals surface area contributed by atoms with E-state index < -0.39 is 11.7 Å². The Hall–Kier alpha value is -1.79. The highest BCUT2D eigenvalue weighted by Crippen LogP contribution is 2.12. The molecule has 0 bridgehead atoms. The van der Waals surface area contributed by atoms with Gasteiger partial charge in [0.15, 0.2) is 0 Å². The minimum absolute atomic E-state index is 0.0167. The van der Waals surface area contributed by atoms with Crippen LogP contribution in [-0.4, -0.2) is 54.1 Å². The summed E-state index contributed by atoms with van der Waals surface area (Å²) in [5.41, 5.74) is -0.546. The van der Waals surface area contributed by atoms with Gasteiger partial charge in [0.1, 0.15) is 5.60 Å². The number of likely N-dealkylation sites (tertiary alicyclic amines) is 1. The van der Waals surface area contributed by atoms with E-state index in [-0.39, 0.29) is 30.8 Å². The van der Waals surface area contributed by atoms with E-state index in [2.05, 4.69) is 10.6 Å². The number of nitrogens with one attached hydrogen (secondary N) is 2. The quantitative estimate of drug-likeness (QED) is 0.763. The number of amides is 3. The number of carbonyl (C=O) groups is 3. The van der Waals surface area contributed by atoms with Crippen LogP contribution in [0.15, 0.2) is 0 Å². The lowest BCUT2D eigenvalue weighted by Crippen LogP contribution is -2.47. The van der Waals surface area contributed by atoms with Gasteiger partial charge in [-0.2, -0.15) is 0 Å². The zero-order chi connectivity index (χ0) is 19.0. The third kappa shape index (κ3) is 9.31. The first-order valence-corrected chi connectivity index (χ1v) is 9.11. The molecule has 0 saturated carbocycles. The smallest absolute Gasteiger partial charge is 0.407 e. The maximum Gasteiger partial charge on any atom is 0.407 e. The van der Waals surface area contributed by atoms with Crippen molar-refractivity contribution in [1.29, 1.82) is 0 Å². The van der Waals surface area contributed by atoms with Crippen molar-refractivity contribution < 1.29 is 19.1 Å². The third-order valence-electron chi connectivity index (χ3n) is 3.81. The lowest BCUT2D eigenvalue weighted by atomic mass is 10.0. The number of alkyl carbamates (subject to hydrolysis) is 1. The number of ether oxygens (including phenoxy) is 1. The van der Waals surface area contributed by atoms with Crippen LogP contribution in [0.2, 0.25) is 0 Å². The predicted octanol–water partition coefficient (Wildman–Crippen LogP) is 2.05. The average molecular weight is 355 g/mol.